The Balaban J connectivity index is 3.19. The molecular weight excluding hydrogens is 292 g/mol. The molecule has 1 amide bonds. The fraction of sp³-hybridized carbons (Fsp3) is 0.538. The molecule has 0 unspecified atom stereocenters. The number of thiophene rings is 1. The molecule has 0 bridgehead atoms. The van der Waals surface area contributed by atoms with Crippen LogP contribution < -0.4 is 16.4 Å². The molecule has 0 atom stereocenters. The fourth-order valence-electron chi connectivity index (χ4n) is 1.74. The third-order valence-corrected chi connectivity index (χ3v) is 4.19. The number of carbonyl (C=O) groups excluding carboxylic acids is 2. The monoisotopic (exact) mass is 314 g/mol. The Morgan fingerprint density at radius 1 is 1.24 bits per heavy atom. The van der Waals surface area contributed by atoms with Gasteiger partial charge in [-0.05, 0) is 21.0 Å². The van der Waals surface area contributed by atoms with E-state index in [1.165, 1.54) is 0 Å². The maximum Gasteiger partial charge on any atom is 0.343 e. The summed E-state index contributed by atoms with van der Waals surface area (Å²) in [7, 11) is 5.75. The second-order valence-corrected chi connectivity index (χ2v) is 5.83. The van der Waals surface area contributed by atoms with E-state index in [1.807, 2.05) is 30.9 Å². The molecule has 0 aliphatic rings. The van der Waals surface area contributed by atoms with Crippen LogP contribution in [-0.2, 0) is 4.74 Å². The number of primary amides is 1. The zero-order valence-corrected chi connectivity index (χ0v) is 13.6. The number of amides is 1. The van der Waals surface area contributed by atoms with Gasteiger partial charge in [-0.1, -0.05) is 0 Å². The number of hydrogen-bond donors (Lipinski definition) is 2. The minimum atomic E-state index is -0.643. The largest absolute Gasteiger partial charge is 0.462 e. The van der Waals surface area contributed by atoms with Gasteiger partial charge in [0.05, 0.1) is 12.3 Å². The van der Waals surface area contributed by atoms with Gasteiger partial charge in [0.2, 0.25) is 0 Å². The van der Waals surface area contributed by atoms with Crippen LogP contribution in [0.25, 0.3) is 0 Å². The number of nitrogens with two attached hydrogens (primary N) is 2. The first-order valence-corrected chi connectivity index (χ1v) is 7.36. The second kappa shape index (κ2) is 7.28. The first kappa shape index (κ1) is 17.3. The molecule has 21 heavy (non-hydrogen) atoms. The van der Waals surface area contributed by atoms with Crippen LogP contribution in [0.4, 0.5) is 10.7 Å². The summed E-state index contributed by atoms with van der Waals surface area (Å²) in [4.78, 5) is 27.6. The quantitative estimate of drug-likeness (QED) is 0.715. The first-order chi connectivity index (χ1) is 9.79. The fourth-order valence-corrected chi connectivity index (χ4v) is 2.78. The van der Waals surface area contributed by atoms with E-state index >= 15 is 0 Å². The highest BCUT2D eigenvalue weighted by atomic mass is 32.1. The van der Waals surface area contributed by atoms with Gasteiger partial charge in [-0.15, -0.1) is 11.3 Å². The Labute approximate surface area is 128 Å². The average molecular weight is 314 g/mol. The van der Waals surface area contributed by atoms with Crippen molar-refractivity contribution in [3.63, 3.8) is 0 Å². The number of carbonyl (C=O) groups is 2. The van der Waals surface area contributed by atoms with Crippen molar-refractivity contribution in [2.24, 2.45) is 5.73 Å². The van der Waals surface area contributed by atoms with E-state index in [0.717, 1.165) is 17.9 Å². The summed E-state index contributed by atoms with van der Waals surface area (Å²) in [6.07, 6.45) is 0. The number of anilines is 2. The van der Waals surface area contributed by atoms with Gasteiger partial charge in [0.15, 0.2) is 0 Å². The lowest BCUT2D eigenvalue weighted by Gasteiger charge is -2.21. The Hall–Kier alpha value is -1.80. The highest BCUT2D eigenvalue weighted by Gasteiger charge is 2.27. The summed E-state index contributed by atoms with van der Waals surface area (Å²) in [6, 6.07) is 0. The van der Waals surface area contributed by atoms with Crippen LogP contribution in [-0.4, -0.2) is 57.6 Å². The molecule has 0 aliphatic heterocycles. The molecule has 0 aromatic carbocycles. The van der Waals surface area contributed by atoms with Crippen molar-refractivity contribution in [1.29, 1.82) is 0 Å². The van der Waals surface area contributed by atoms with Crippen LogP contribution in [0.1, 0.15) is 27.0 Å². The lowest BCUT2D eigenvalue weighted by Crippen LogP contribution is -2.29. The molecule has 0 fully saturated rings. The number of likely N-dealkylation sites (N-methyl/N-ethyl adjacent to an activating group) is 2. The van der Waals surface area contributed by atoms with Gasteiger partial charge in [0, 0.05) is 20.1 Å². The standard InChI is InChI=1S/C13H22N4O3S/c1-5-20-13(19)8-9(14)10(11(15)18)21-12(8)17(4)7-6-16(2)3/h5-7,14H2,1-4H3,(H2,15,18). The van der Waals surface area contributed by atoms with E-state index in [9.17, 15) is 9.59 Å². The van der Waals surface area contributed by atoms with Crippen molar-refractivity contribution in [2.75, 3.05) is 51.5 Å². The van der Waals surface area contributed by atoms with E-state index in [0.29, 0.717) is 11.5 Å². The Morgan fingerprint density at radius 3 is 2.33 bits per heavy atom. The Kier molecular flexibility index (Phi) is 5.98. The molecule has 7 nitrogen and oxygen atoms in total. The summed E-state index contributed by atoms with van der Waals surface area (Å²) in [5.74, 6) is -1.18. The van der Waals surface area contributed by atoms with Crippen molar-refractivity contribution in [2.45, 2.75) is 6.92 Å². The second-order valence-electron chi connectivity index (χ2n) is 4.83. The Bertz CT molecular complexity index is 528. The number of nitrogens with zero attached hydrogens (tertiary/aromatic N) is 2. The van der Waals surface area contributed by atoms with Crippen molar-refractivity contribution in [3.05, 3.63) is 10.4 Å². The molecule has 1 rings (SSSR count). The molecule has 0 aliphatic carbocycles. The van der Waals surface area contributed by atoms with Crippen LogP contribution in [0.3, 0.4) is 0 Å². The maximum absolute atomic E-state index is 12.1. The highest BCUT2D eigenvalue weighted by molar-refractivity contribution is 7.19. The molecule has 1 heterocycles. The summed E-state index contributed by atoms with van der Waals surface area (Å²) < 4.78 is 5.02. The SMILES string of the molecule is CCOC(=O)c1c(N(C)CCN(C)C)sc(C(N)=O)c1N. The lowest BCUT2D eigenvalue weighted by atomic mass is 10.2. The van der Waals surface area contributed by atoms with Gasteiger partial charge in [0.1, 0.15) is 15.4 Å². The average Bonchev–Trinajstić information content (AvgIpc) is 2.74. The number of esters is 1. The molecule has 0 spiro atoms. The number of rotatable bonds is 7. The smallest absolute Gasteiger partial charge is 0.343 e. The molecule has 8 heteroatoms. The zero-order valence-electron chi connectivity index (χ0n) is 12.8. The summed E-state index contributed by atoms with van der Waals surface area (Å²) >= 11 is 1.12. The predicted octanol–water partition coefficient (Wildman–Crippen LogP) is 0.604. The molecule has 1 aromatic rings. The molecular formula is C13H22N4O3S. The van der Waals surface area contributed by atoms with Gasteiger partial charge < -0.3 is 26.0 Å². The van der Waals surface area contributed by atoms with Crippen LogP contribution in [0.15, 0.2) is 0 Å². The van der Waals surface area contributed by atoms with Crippen LogP contribution in [0.5, 0.6) is 0 Å². The van der Waals surface area contributed by atoms with Crippen molar-refractivity contribution >= 4 is 33.9 Å². The van der Waals surface area contributed by atoms with Crippen LogP contribution in [0.2, 0.25) is 0 Å². The minimum Gasteiger partial charge on any atom is -0.462 e. The number of hydrogen-bond acceptors (Lipinski definition) is 7. The van der Waals surface area contributed by atoms with E-state index in [2.05, 4.69) is 0 Å². The zero-order chi connectivity index (χ0) is 16.2. The molecule has 0 saturated carbocycles. The van der Waals surface area contributed by atoms with Crippen molar-refractivity contribution < 1.29 is 14.3 Å². The highest BCUT2D eigenvalue weighted by Crippen LogP contribution is 2.38. The normalized spacial score (nSPS) is 10.7. The number of nitrogen functional groups attached to an aromatic ring is 1. The van der Waals surface area contributed by atoms with E-state index in [4.69, 9.17) is 16.2 Å². The third-order valence-electron chi connectivity index (χ3n) is 2.86. The first-order valence-electron chi connectivity index (χ1n) is 6.54. The molecule has 0 saturated heterocycles. The topological polar surface area (TPSA) is 102 Å². The molecule has 4 N–H and O–H groups in total. The molecule has 1 aromatic heterocycles. The predicted molar refractivity (Wildman–Crippen MR) is 85.0 cm³/mol. The van der Waals surface area contributed by atoms with Gasteiger partial charge >= 0.3 is 5.97 Å². The van der Waals surface area contributed by atoms with Crippen molar-refractivity contribution in [3.8, 4) is 0 Å². The minimum absolute atomic E-state index is 0.0950. The van der Waals surface area contributed by atoms with Gasteiger partial charge in [-0.2, -0.15) is 0 Å². The van der Waals surface area contributed by atoms with Gasteiger partial charge in [-0.3, -0.25) is 4.79 Å². The Morgan fingerprint density at radius 2 is 1.86 bits per heavy atom. The summed E-state index contributed by atoms with van der Waals surface area (Å²) in [6.45, 7) is 3.42. The summed E-state index contributed by atoms with van der Waals surface area (Å²) in [5.41, 5.74) is 11.5. The van der Waals surface area contributed by atoms with Crippen LogP contribution in [0, 0.1) is 0 Å². The van der Waals surface area contributed by atoms with Gasteiger partial charge in [-0.25, -0.2) is 4.79 Å². The number of ether oxygens (including phenoxy) is 1. The van der Waals surface area contributed by atoms with E-state index in [-0.39, 0.29) is 22.7 Å². The maximum atomic E-state index is 12.1. The van der Waals surface area contributed by atoms with E-state index in [1.54, 1.807) is 6.92 Å². The molecule has 118 valence electrons. The molecule has 0 radical (unpaired) electrons. The van der Waals surface area contributed by atoms with E-state index < -0.39 is 11.9 Å². The lowest BCUT2D eigenvalue weighted by molar-refractivity contribution is 0.0529. The summed E-state index contributed by atoms with van der Waals surface area (Å²) in [5, 5.41) is 0.599. The van der Waals surface area contributed by atoms with Crippen LogP contribution >= 0.6 is 11.3 Å². The van der Waals surface area contributed by atoms with Crippen molar-refractivity contribution in [1.82, 2.24) is 4.90 Å². The van der Waals surface area contributed by atoms with Gasteiger partial charge in [0.25, 0.3) is 5.91 Å². The third kappa shape index (κ3) is 4.08.